The van der Waals surface area contributed by atoms with Crippen molar-refractivity contribution in [3.05, 3.63) is 24.5 Å². The summed E-state index contributed by atoms with van der Waals surface area (Å²) >= 11 is 0. The SMILES string of the molecule is Cn1cnc2c(OC3CNC3)cccc21. The van der Waals surface area contributed by atoms with E-state index in [1.54, 1.807) is 0 Å². The third-order valence-corrected chi connectivity index (χ3v) is 2.76. The van der Waals surface area contributed by atoms with Crippen LogP contribution in [0.1, 0.15) is 0 Å². The molecule has 0 saturated carbocycles. The number of aryl methyl sites for hydroxylation is 1. The highest BCUT2D eigenvalue weighted by Crippen LogP contribution is 2.24. The maximum atomic E-state index is 5.84. The summed E-state index contributed by atoms with van der Waals surface area (Å²) in [7, 11) is 1.99. The molecule has 78 valence electrons. The Morgan fingerprint density at radius 2 is 2.33 bits per heavy atom. The van der Waals surface area contributed by atoms with Crippen molar-refractivity contribution in [1.29, 1.82) is 0 Å². The van der Waals surface area contributed by atoms with E-state index in [-0.39, 0.29) is 0 Å². The second-order valence-electron chi connectivity index (χ2n) is 3.88. The molecule has 3 rings (SSSR count). The van der Waals surface area contributed by atoms with Gasteiger partial charge in [-0.05, 0) is 12.1 Å². The van der Waals surface area contributed by atoms with Gasteiger partial charge >= 0.3 is 0 Å². The highest BCUT2D eigenvalue weighted by molar-refractivity contribution is 5.81. The van der Waals surface area contributed by atoms with E-state index in [0.717, 1.165) is 29.9 Å². The van der Waals surface area contributed by atoms with Gasteiger partial charge in [0.15, 0.2) is 0 Å². The van der Waals surface area contributed by atoms with E-state index in [1.807, 2.05) is 36.1 Å². The first-order valence-corrected chi connectivity index (χ1v) is 5.12. The summed E-state index contributed by atoms with van der Waals surface area (Å²) in [6, 6.07) is 6.04. The largest absolute Gasteiger partial charge is 0.485 e. The first-order valence-electron chi connectivity index (χ1n) is 5.12. The summed E-state index contributed by atoms with van der Waals surface area (Å²) < 4.78 is 7.84. The molecule has 0 radical (unpaired) electrons. The van der Waals surface area contributed by atoms with Crippen LogP contribution >= 0.6 is 0 Å². The minimum absolute atomic E-state index is 0.303. The van der Waals surface area contributed by atoms with Crippen LogP contribution in [0.15, 0.2) is 24.5 Å². The van der Waals surface area contributed by atoms with Crippen LogP contribution < -0.4 is 10.1 Å². The Kier molecular flexibility index (Phi) is 1.89. The van der Waals surface area contributed by atoms with Crippen molar-refractivity contribution in [2.24, 2.45) is 7.05 Å². The van der Waals surface area contributed by atoms with Gasteiger partial charge in [-0.15, -0.1) is 0 Å². The molecule has 1 aliphatic rings. The van der Waals surface area contributed by atoms with Gasteiger partial charge in [0, 0.05) is 20.1 Å². The summed E-state index contributed by atoms with van der Waals surface area (Å²) in [6.07, 6.45) is 2.12. The van der Waals surface area contributed by atoms with Gasteiger partial charge in [-0.3, -0.25) is 0 Å². The smallest absolute Gasteiger partial charge is 0.147 e. The molecule has 1 fully saturated rings. The average Bonchev–Trinajstić information content (AvgIpc) is 2.55. The molecular formula is C11H13N3O. The van der Waals surface area contributed by atoms with E-state index in [9.17, 15) is 0 Å². The zero-order chi connectivity index (χ0) is 10.3. The van der Waals surface area contributed by atoms with Gasteiger partial charge in [0.1, 0.15) is 17.4 Å². The second kappa shape index (κ2) is 3.24. The highest BCUT2D eigenvalue weighted by atomic mass is 16.5. The molecule has 1 N–H and O–H groups in total. The molecule has 1 aliphatic heterocycles. The molecule has 1 saturated heterocycles. The van der Waals surface area contributed by atoms with E-state index in [2.05, 4.69) is 10.3 Å². The summed E-state index contributed by atoms with van der Waals surface area (Å²) in [4.78, 5) is 4.35. The van der Waals surface area contributed by atoms with Crippen molar-refractivity contribution in [3.8, 4) is 5.75 Å². The Labute approximate surface area is 87.9 Å². The number of fused-ring (bicyclic) bond motifs is 1. The topological polar surface area (TPSA) is 39.1 Å². The normalized spacial score (nSPS) is 16.6. The average molecular weight is 203 g/mol. The second-order valence-corrected chi connectivity index (χ2v) is 3.88. The monoisotopic (exact) mass is 203 g/mol. The van der Waals surface area contributed by atoms with E-state index in [0.29, 0.717) is 6.10 Å². The number of hydrogen-bond donors (Lipinski definition) is 1. The quantitative estimate of drug-likeness (QED) is 0.789. The Morgan fingerprint density at radius 1 is 1.47 bits per heavy atom. The Hall–Kier alpha value is -1.55. The highest BCUT2D eigenvalue weighted by Gasteiger charge is 2.19. The van der Waals surface area contributed by atoms with Crippen LogP contribution in [-0.4, -0.2) is 28.7 Å². The molecule has 4 heteroatoms. The molecule has 2 heterocycles. The molecule has 0 atom stereocenters. The Bertz CT molecular complexity index is 488. The summed E-state index contributed by atoms with van der Waals surface area (Å²) in [5.41, 5.74) is 2.06. The lowest BCUT2D eigenvalue weighted by Gasteiger charge is -2.27. The molecule has 0 amide bonds. The minimum Gasteiger partial charge on any atom is -0.485 e. The fraction of sp³-hybridized carbons (Fsp3) is 0.364. The van der Waals surface area contributed by atoms with Gasteiger partial charge < -0.3 is 14.6 Å². The van der Waals surface area contributed by atoms with E-state index in [4.69, 9.17) is 4.74 Å². The van der Waals surface area contributed by atoms with Crippen LogP contribution in [0, 0.1) is 0 Å². The maximum absolute atomic E-state index is 5.84. The van der Waals surface area contributed by atoms with Gasteiger partial charge in [-0.1, -0.05) is 6.07 Å². The van der Waals surface area contributed by atoms with Gasteiger partial charge in [-0.2, -0.15) is 0 Å². The number of hydrogen-bond acceptors (Lipinski definition) is 3. The molecule has 0 unspecified atom stereocenters. The van der Waals surface area contributed by atoms with Gasteiger partial charge in [0.25, 0.3) is 0 Å². The van der Waals surface area contributed by atoms with Crippen LogP contribution in [0.5, 0.6) is 5.75 Å². The summed E-state index contributed by atoms with van der Waals surface area (Å²) in [5.74, 6) is 0.889. The standard InChI is InChI=1S/C11H13N3O/c1-14-7-13-11-9(14)3-2-4-10(11)15-8-5-12-6-8/h2-4,7-8,12H,5-6H2,1H3. The zero-order valence-corrected chi connectivity index (χ0v) is 8.60. The maximum Gasteiger partial charge on any atom is 0.147 e. The number of ether oxygens (including phenoxy) is 1. The first kappa shape index (κ1) is 8.73. The van der Waals surface area contributed by atoms with Crippen LogP contribution in [-0.2, 0) is 7.05 Å². The number of para-hydroxylation sites is 1. The van der Waals surface area contributed by atoms with Crippen LogP contribution in [0.3, 0.4) is 0 Å². The van der Waals surface area contributed by atoms with E-state index >= 15 is 0 Å². The first-order chi connectivity index (χ1) is 7.34. The van der Waals surface area contributed by atoms with Crippen LogP contribution in [0.25, 0.3) is 11.0 Å². The number of aromatic nitrogens is 2. The van der Waals surface area contributed by atoms with Crippen molar-refractivity contribution >= 4 is 11.0 Å². The predicted octanol–water partition coefficient (Wildman–Crippen LogP) is 0.924. The molecule has 15 heavy (non-hydrogen) atoms. The van der Waals surface area contributed by atoms with Gasteiger partial charge in [-0.25, -0.2) is 4.98 Å². The Morgan fingerprint density at radius 3 is 3.07 bits per heavy atom. The molecular weight excluding hydrogens is 190 g/mol. The van der Waals surface area contributed by atoms with Crippen LogP contribution in [0.2, 0.25) is 0 Å². The molecule has 1 aromatic heterocycles. The van der Waals surface area contributed by atoms with Gasteiger partial charge in [0.2, 0.25) is 0 Å². The zero-order valence-electron chi connectivity index (χ0n) is 8.60. The lowest BCUT2D eigenvalue weighted by Crippen LogP contribution is -2.50. The third kappa shape index (κ3) is 1.37. The van der Waals surface area contributed by atoms with Crippen LogP contribution in [0.4, 0.5) is 0 Å². The molecule has 1 aromatic carbocycles. The number of nitrogens with one attached hydrogen (secondary N) is 1. The van der Waals surface area contributed by atoms with Crippen molar-refractivity contribution in [2.75, 3.05) is 13.1 Å². The molecule has 4 nitrogen and oxygen atoms in total. The fourth-order valence-electron chi connectivity index (χ4n) is 1.75. The van der Waals surface area contributed by atoms with E-state index in [1.165, 1.54) is 0 Å². The fourth-order valence-corrected chi connectivity index (χ4v) is 1.75. The number of imidazole rings is 1. The third-order valence-electron chi connectivity index (χ3n) is 2.76. The van der Waals surface area contributed by atoms with Crippen molar-refractivity contribution < 1.29 is 4.74 Å². The molecule has 0 spiro atoms. The van der Waals surface area contributed by atoms with Gasteiger partial charge in [0.05, 0.1) is 11.8 Å². The van der Waals surface area contributed by atoms with E-state index < -0.39 is 0 Å². The number of rotatable bonds is 2. The molecule has 2 aromatic rings. The minimum atomic E-state index is 0.303. The summed E-state index contributed by atoms with van der Waals surface area (Å²) in [5, 5.41) is 3.18. The predicted molar refractivity (Wildman–Crippen MR) is 58.0 cm³/mol. The molecule has 0 aliphatic carbocycles. The number of nitrogens with zero attached hydrogens (tertiary/aromatic N) is 2. The van der Waals surface area contributed by atoms with Crippen molar-refractivity contribution in [1.82, 2.24) is 14.9 Å². The van der Waals surface area contributed by atoms with Crippen molar-refractivity contribution in [3.63, 3.8) is 0 Å². The Balaban J connectivity index is 2.01. The summed E-state index contributed by atoms with van der Waals surface area (Å²) in [6.45, 7) is 1.87. The lowest BCUT2D eigenvalue weighted by molar-refractivity contribution is 0.144. The molecule has 0 bridgehead atoms. The number of benzene rings is 1. The van der Waals surface area contributed by atoms with Crippen molar-refractivity contribution in [2.45, 2.75) is 6.10 Å². The lowest BCUT2D eigenvalue weighted by atomic mass is 10.2.